The molecule has 0 fully saturated rings. The Labute approximate surface area is 169 Å². The highest BCUT2D eigenvalue weighted by Gasteiger charge is 2.26. The number of aryl methyl sites for hydroxylation is 1. The number of H-pyrrole nitrogens is 1. The van der Waals surface area contributed by atoms with E-state index in [1.54, 1.807) is 13.4 Å². The fourth-order valence-corrected chi connectivity index (χ4v) is 4.11. The zero-order valence-corrected chi connectivity index (χ0v) is 16.3. The minimum Gasteiger partial charge on any atom is -0.496 e. The van der Waals surface area contributed by atoms with Crippen molar-refractivity contribution in [3.05, 3.63) is 77.9 Å². The molecule has 4 aromatic rings. The number of nitrogens with one attached hydrogen (secondary N) is 3. The van der Waals surface area contributed by atoms with Crippen LogP contribution in [0.2, 0.25) is 0 Å². The van der Waals surface area contributed by atoms with Crippen molar-refractivity contribution in [3.8, 4) is 5.75 Å². The van der Waals surface area contributed by atoms with Gasteiger partial charge in [-0.25, -0.2) is 9.97 Å². The highest BCUT2D eigenvalue weighted by molar-refractivity contribution is 5.92. The lowest BCUT2D eigenvalue weighted by molar-refractivity contribution is 0.408. The fraction of sp³-hybridized carbons (Fsp3) is 0.217. The molecule has 0 spiro atoms. The van der Waals surface area contributed by atoms with E-state index in [4.69, 9.17) is 9.72 Å². The maximum Gasteiger partial charge on any atom is 0.127 e. The van der Waals surface area contributed by atoms with Crippen LogP contribution in [-0.4, -0.2) is 22.1 Å². The van der Waals surface area contributed by atoms with Crippen LogP contribution < -0.4 is 15.4 Å². The summed E-state index contributed by atoms with van der Waals surface area (Å²) in [5, 5.41) is 8.16. The van der Waals surface area contributed by atoms with Crippen LogP contribution in [0, 0.1) is 0 Å². The molecule has 29 heavy (non-hydrogen) atoms. The molecule has 0 saturated carbocycles. The number of aromatic amines is 1. The van der Waals surface area contributed by atoms with E-state index >= 15 is 0 Å². The van der Waals surface area contributed by atoms with Crippen molar-refractivity contribution in [3.63, 3.8) is 0 Å². The first-order chi connectivity index (χ1) is 14.3. The number of imidazole rings is 1. The molecule has 5 rings (SSSR count). The number of anilines is 2. The molecule has 1 atom stereocenters. The molecule has 1 aliphatic carbocycles. The highest BCUT2D eigenvalue weighted by atomic mass is 16.5. The van der Waals surface area contributed by atoms with Crippen molar-refractivity contribution in [2.24, 2.45) is 0 Å². The van der Waals surface area contributed by atoms with Crippen LogP contribution in [0.4, 0.5) is 11.5 Å². The summed E-state index contributed by atoms with van der Waals surface area (Å²) in [5.74, 6) is 1.83. The molecule has 3 N–H and O–H groups in total. The average Bonchev–Trinajstić information content (AvgIpc) is 3.42. The van der Waals surface area contributed by atoms with Crippen LogP contribution in [0.3, 0.4) is 0 Å². The van der Waals surface area contributed by atoms with Gasteiger partial charge < -0.3 is 20.4 Å². The van der Waals surface area contributed by atoms with E-state index < -0.39 is 0 Å². The van der Waals surface area contributed by atoms with E-state index in [-0.39, 0.29) is 6.04 Å². The summed E-state index contributed by atoms with van der Waals surface area (Å²) in [7, 11) is 1.73. The van der Waals surface area contributed by atoms with E-state index in [0.717, 1.165) is 46.7 Å². The van der Waals surface area contributed by atoms with Crippen molar-refractivity contribution in [1.29, 1.82) is 0 Å². The summed E-state index contributed by atoms with van der Waals surface area (Å²) in [6.07, 6.45) is 5.68. The Bertz CT molecular complexity index is 1140. The Morgan fingerprint density at radius 2 is 2.07 bits per heavy atom. The zero-order chi connectivity index (χ0) is 19.6. The third-order valence-electron chi connectivity index (χ3n) is 5.50. The van der Waals surface area contributed by atoms with Crippen LogP contribution in [0.1, 0.15) is 29.3 Å². The first kappa shape index (κ1) is 17.6. The molecule has 0 saturated heterocycles. The summed E-state index contributed by atoms with van der Waals surface area (Å²) in [6.45, 7) is 0.668. The second-order valence-corrected chi connectivity index (χ2v) is 7.25. The molecule has 2 heterocycles. The number of ether oxygens (including phenoxy) is 1. The fourth-order valence-electron chi connectivity index (χ4n) is 4.11. The molecule has 6 nitrogen and oxygen atoms in total. The van der Waals surface area contributed by atoms with Crippen LogP contribution in [0.15, 0.2) is 61.1 Å². The molecule has 2 aromatic carbocycles. The summed E-state index contributed by atoms with van der Waals surface area (Å²) >= 11 is 0. The number of hydrogen-bond acceptors (Lipinski definition) is 5. The standard InChI is InChI=1S/C23H23N5O/c1-29-21-7-2-4-15-8-10-20(23(15)21)28-22-11-9-17-18(5-3-6-19(17)27-22)25-13-16-12-24-14-26-16/h2-7,9,11-12,14,20,25H,8,10,13H2,1H3,(H,24,26)(H,27,28). The number of hydrogen-bond donors (Lipinski definition) is 3. The van der Waals surface area contributed by atoms with E-state index in [0.29, 0.717) is 6.54 Å². The van der Waals surface area contributed by atoms with Crippen molar-refractivity contribution in [1.82, 2.24) is 15.0 Å². The molecule has 1 aliphatic rings. The van der Waals surface area contributed by atoms with Gasteiger partial charge in [0.25, 0.3) is 0 Å². The van der Waals surface area contributed by atoms with Gasteiger partial charge in [-0.3, -0.25) is 0 Å². The van der Waals surface area contributed by atoms with Crippen LogP contribution in [0.5, 0.6) is 5.75 Å². The molecular weight excluding hydrogens is 362 g/mol. The van der Waals surface area contributed by atoms with Gasteiger partial charge in [-0.2, -0.15) is 0 Å². The van der Waals surface area contributed by atoms with Gasteiger partial charge >= 0.3 is 0 Å². The number of fused-ring (bicyclic) bond motifs is 2. The Morgan fingerprint density at radius 1 is 1.14 bits per heavy atom. The molecule has 146 valence electrons. The van der Waals surface area contributed by atoms with Gasteiger partial charge in [0.2, 0.25) is 0 Å². The second kappa shape index (κ2) is 7.47. The smallest absolute Gasteiger partial charge is 0.127 e. The number of benzene rings is 2. The number of pyridine rings is 1. The van der Waals surface area contributed by atoms with Gasteiger partial charge in [-0.15, -0.1) is 0 Å². The highest BCUT2D eigenvalue weighted by Crippen LogP contribution is 2.39. The number of methoxy groups -OCH3 is 1. The van der Waals surface area contributed by atoms with Gasteiger partial charge in [-0.05, 0) is 48.7 Å². The average molecular weight is 385 g/mol. The lowest BCUT2D eigenvalue weighted by Crippen LogP contribution is -2.09. The lowest BCUT2D eigenvalue weighted by Gasteiger charge is -2.18. The molecular formula is C23H23N5O. The minimum atomic E-state index is 0.215. The van der Waals surface area contributed by atoms with Crippen molar-refractivity contribution in [2.75, 3.05) is 17.7 Å². The van der Waals surface area contributed by atoms with Crippen molar-refractivity contribution in [2.45, 2.75) is 25.4 Å². The Morgan fingerprint density at radius 3 is 2.93 bits per heavy atom. The Hall–Kier alpha value is -3.54. The summed E-state index contributed by atoms with van der Waals surface area (Å²) in [4.78, 5) is 12.1. The molecule has 0 amide bonds. The van der Waals surface area contributed by atoms with Crippen molar-refractivity contribution >= 4 is 22.4 Å². The van der Waals surface area contributed by atoms with E-state index in [2.05, 4.69) is 50.9 Å². The largest absolute Gasteiger partial charge is 0.496 e. The molecule has 2 aromatic heterocycles. The molecule has 1 unspecified atom stereocenters. The Kier molecular flexibility index (Phi) is 4.52. The first-order valence-electron chi connectivity index (χ1n) is 9.85. The third kappa shape index (κ3) is 3.38. The third-order valence-corrected chi connectivity index (χ3v) is 5.50. The topological polar surface area (TPSA) is 74.9 Å². The summed E-state index contributed by atoms with van der Waals surface area (Å²) < 4.78 is 5.59. The zero-order valence-electron chi connectivity index (χ0n) is 16.3. The quantitative estimate of drug-likeness (QED) is 0.449. The number of nitrogens with zero attached hydrogens (tertiary/aromatic N) is 2. The van der Waals surface area contributed by atoms with Crippen LogP contribution in [-0.2, 0) is 13.0 Å². The monoisotopic (exact) mass is 385 g/mol. The predicted octanol–water partition coefficient (Wildman–Crippen LogP) is 4.68. The minimum absolute atomic E-state index is 0.215. The van der Waals surface area contributed by atoms with E-state index in [1.165, 1.54) is 11.1 Å². The second-order valence-electron chi connectivity index (χ2n) is 7.25. The van der Waals surface area contributed by atoms with E-state index in [1.807, 2.05) is 24.4 Å². The van der Waals surface area contributed by atoms with Gasteiger partial charge in [0.1, 0.15) is 11.6 Å². The maximum atomic E-state index is 5.59. The number of aromatic nitrogens is 3. The summed E-state index contributed by atoms with van der Waals surface area (Å²) in [6, 6.07) is 16.8. The lowest BCUT2D eigenvalue weighted by atomic mass is 10.1. The predicted molar refractivity (Wildman–Crippen MR) is 115 cm³/mol. The van der Waals surface area contributed by atoms with Crippen LogP contribution in [0.25, 0.3) is 10.9 Å². The number of rotatable bonds is 6. The molecule has 0 bridgehead atoms. The SMILES string of the molecule is COc1cccc2c1C(Nc1ccc3c(NCc4c[nH]cn4)cccc3n1)CC2. The summed E-state index contributed by atoms with van der Waals surface area (Å²) in [5.41, 5.74) is 5.60. The van der Waals surface area contributed by atoms with Gasteiger partial charge in [0.15, 0.2) is 0 Å². The molecule has 0 radical (unpaired) electrons. The van der Waals surface area contributed by atoms with Crippen LogP contribution >= 0.6 is 0 Å². The first-order valence-corrected chi connectivity index (χ1v) is 9.85. The Balaban J connectivity index is 1.39. The molecule has 0 aliphatic heterocycles. The normalized spacial score (nSPS) is 15.3. The van der Waals surface area contributed by atoms with Gasteiger partial charge in [-0.1, -0.05) is 18.2 Å². The van der Waals surface area contributed by atoms with E-state index in [9.17, 15) is 0 Å². The molecule has 6 heteroatoms. The van der Waals surface area contributed by atoms with Crippen molar-refractivity contribution < 1.29 is 4.74 Å². The van der Waals surface area contributed by atoms with Gasteiger partial charge in [0, 0.05) is 22.8 Å². The maximum absolute atomic E-state index is 5.59. The van der Waals surface area contributed by atoms with Gasteiger partial charge in [0.05, 0.1) is 37.2 Å².